The fraction of sp³-hybridized carbons (Fsp3) is 0.520. The number of carbonyl (C=O) groups excluding carboxylic acids is 2. The lowest BCUT2D eigenvalue weighted by molar-refractivity contribution is -0.153. The van der Waals surface area contributed by atoms with Gasteiger partial charge in [-0.1, -0.05) is 102 Å². The maximum absolute atomic E-state index is 12.7. The zero-order chi connectivity index (χ0) is 23.3. The molecule has 0 N–H and O–H groups in total. The second-order valence-corrected chi connectivity index (χ2v) is 19.9. The van der Waals surface area contributed by atoms with E-state index in [2.05, 4.69) is 72.5 Å². The van der Waals surface area contributed by atoms with E-state index in [0.29, 0.717) is 27.8 Å². The van der Waals surface area contributed by atoms with Crippen LogP contribution in [-0.2, 0) is 14.3 Å². The van der Waals surface area contributed by atoms with Crippen LogP contribution in [-0.4, -0.2) is 28.1 Å². The molecule has 0 amide bonds. The topological polar surface area (TPSA) is 43.4 Å². The van der Waals surface area contributed by atoms with Gasteiger partial charge < -0.3 is 4.74 Å². The predicted octanol–water partition coefficient (Wildman–Crippen LogP) is 6.32. The van der Waals surface area contributed by atoms with Gasteiger partial charge in [-0.25, -0.2) is 9.59 Å². The molecule has 0 unspecified atom stereocenters. The first-order valence-electron chi connectivity index (χ1n) is 11.0. The summed E-state index contributed by atoms with van der Waals surface area (Å²) in [6.07, 6.45) is 0. The van der Waals surface area contributed by atoms with E-state index in [0.717, 1.165) is 0 Å². The van der Waals surface area contributed by atoms with Crippen molar-refractivity contribution >= 4 is 33.3 Å². The predicted molar refractivity (Wildman–Crippen MR) is 133 cm³/mol. The minimum atomic E-state index is -1.95. The summed E-state index contributed by atoms with van der Waals surface area (Å²) in [5.41, 5.74) is 6.72. The van der Waals surface area contributed by atoms with Gasteiger partial charge in [0.2, 0.25) is 0 Å². The number of ether oxygens (including phenoxy) is 1. The lowest BCUT2D eigenvalue weighted by atomic mass is 10.3. The van der Waals surface area contributed by atoms with Crippen molar-refractivity contribution in [1.82, 2.24) is 0 Å². The van der Waals surface area contributed by atoms with Gasteiger partial charge in [0.15, 0.2) is 0 Å². The van der Waals surface area contributed by atoms with E-state index in [9.17, 15) is 9.59 Å². The smallest absolute Gasteiger partial charge is 0.340 e. The molecule has 166 valence electrons. The Bertz CT molecular complexity index is 781. The molecule has 0 aliphatic rings. The summed E-state index contributed by atoms with van der Waals surface area (Å²) >= 11 is 0. The van der Waals surface area contributed by atoms with Crippen LogP contribution in [0.4, 0.5) is 0 Å². The number of hydrogen-bond donors (Lipinski definition) is 0. The SMILES string of the molecule is CC(=C[Si](C)(C)c1ccccc1)C(=O)OC(=O)C(C)=C[Si](C(C)C)(C(C)C)C(C)C. The van der Waals surface area contributed by atoms with Gasteiger partial charge in [0, 0.05) is 11.1 Å². The fourth-order valence-corrected chi connectivity index (χ4v) is 13.0. The summed E-state index contributed by atoms with van der Waals surface area (Å²) in [5, 5.41) is 1.24. The molecule has 0 atom stereocenters. The van der Waals surface area contributed by atoms with Crippen LogP contribution in [0.2, 0.25) is 29.7 Å². The van der Waals surface area contributed by atoms with Gasteiger partial charge in [0.05, 0.1) is 8.07 Å². The highest BCUT2D eigenvalue weighted by molar-refractivity contribution is 6.94. The largest absolute Gasteiger partial charge is 0.386 e. The molecule has 0 aromatic heterocycles. The molecule has 0 spiro atoms. The first-order chi connectivity index (χ1) is 13.8. The van der Waals surface area contributed by atoms with Gasteiger partial charge >= 0.3 is 11.9 Å². The van der Waals surface area contributed by atoms with Crippen LogP contribution in [0.15, 0.2) is 52.9 Å². The molecule has 1 aromatic carbocycles. The van der Waals surface area contributed by atoms with Crippen LogP contribution in [0.25, 0.3) is 0 Å². The molecular formula is C25H40O3Si2. The second kappa shape index (κ2) is 10.5. The average Bonchev–Trinajstić information content (AvgIpc) is 2.65. The van der Waals surface area contributed by atoms with Gasteiger partial charge in [-0.2, -0.15) is 0 Å². The van der Waals surface area contributed by atoms with Crippen molar-refractivity contribution in [3.05, 3.63) is 52.9 Å². The highest BCUT2D eigenvalue weighted by Crippen LogP contribution is 2.43. The van der Waals surface area contributed by atoms with Gasteiger partial charge in [-0.05, 0) is 30.5 Å². The third-order valence-corrected chi connectivity index (χ3v) is 16.3. The molecule has 3 nitrogen and oxygen atoms in total. The van der Waals surface area contributed by atoms with Gasteiger partial charge in [0.25, 0.3) is 0 Å². The third kappa shape index (κ3) is 6.14. The van der Waals surface area contributed by atoms with Crippen LogP contribution in [0.3, 0.4) is 0 Å². The quantitative estimate of drug-likeness (QED) is 0.204. The Morgan fingerprint density at radius 2 is 1.17 bits per heavy atom. The first kappa shape index (κ1) is 26.3. The molecule has 1 rings (SSSR count). The number of rotatable bonds is 8. The Labute approximate surface area is 185 Å². The summed E-state index contributed by atoms with van der Waals surface area (Å²) in [6.45, 7) is 21.4. The molecule has 0 fully saturated rings. The Balaban J connectivity index is 3.08. The number of benzene rings is 1. The van der Waals surface area contributed by atoms with Crippen molar-refractivity contribution in [2.45, 2.75) is 85.1 Å². The molecule has 0 aliphatic heterocycles. The third-order valence-electron chi connectivity index (χ3n) is 6.39. The lowest BCUT2D eigenvalue weighted by Gasteiger charge is -2.41. The normalized spacial score (nSPS) is 13.9. The minimum Gasteiger partial charge on any atom is -0.386 e. The van der Waals surface area contributed by atoms with Crippen LogP contribution >= 0.6 is 0 Å². The monoisotopic (exact) mass is 444 g/mol. The van der Waals surface area contributed by atoms with Crippen molar-refractivity contribution in [1.29, 1.82) is 0 Å². The van der Waals surface area contributed by atoms with E-state index in [1.807, 2.05) is 23.9 Å². The standard InChI is InChI=1S/C25H40O3Si2/c1-18(2)30(19(3)4,20(5)6)17-22(8)25(27)28-24(26)21(7)16-29(9,10)23-14-12-11-13-15-23/h11-20H,1-10H3. The molecule has 0 heterocycles. The molecule has 0 bridgehead atoms. The second-order valence-electron chi connectivity index (χ2n) is 9.88. The van der Waals surface area contributed by atoms with Gasteiger partial charge in [0.1, 0.15) is 8.07 Å². The Morgan fingerprint density at radius 3 is 1.57 bits per heavy atom. The Kier molecular flexibility index (Phi) is 9.24. The van der Waals surface area contributed by atoms with Crippen LogP contribution in [0.5, 0.6) is 0 Å². The van der Waals surface area contributed by atoms with Crippen molar-refractivity contribution in [3.8, 4) is 0 Å². The molecular weight excluding hydrogens is 404 g/mol. The van der Waals surface area contributed by atoms with Crippen molar-refractivity contribution in [2.24, 2.45) is 0 Å². The highest BCUT2D eigenvalue weighted by Gasteiger charge is 2.41. The molecule has 0 aliphatic carbocycles. The zero-order valence-electron chi connectivity index (χ0n) is 20.5. The van der Waals surface area contributed by atoms with E-state index in [-0.39, 0.29) is 0 Å². The average molecular weight is 445 g/mol. The van der Waals surface area contributed by atoms with E-state index < -0.39 is 28.1 Å². The molecule has 0 radical (unpaired) electrons. The maximum atomic E-state index is 12.7. The molecule has 5 heteroatoms. The van der Waals surface area contributed by atoms with Crippen molar-refractivity contribution in [3.63, 3.8) is 0 Å². The number of esters is 2. The van der Waals surface area contributed by atoms with E-state index in [1.165, 1.54) is 5.19 Å². The Hall–Kier alpha value is -1.73. The summed E-state index contributed by atoms with van der Waals surface area (Å²) in [7, 11) is -3.84. The minimum absolute atomic E-state index is 0.496. The number of hydrogen-bond acceptors (Lipinski definition) is 3. The summed E-state index contributed by atoms with van der Waals surface area (Å²) in [5.74, 6) is -1.07. The van der Waals surface area contributed by atoms with E-state index >= 15 is 0 Å². The Morgan fingerprint density at radius 1 is 0.767 bits per heavy atom. The molecule has 1 aromatic rings. The van der Waals surface area contributed by atoms with Gasteiger partial charge in [-0.15, -0.1) is 0 Å². The van der Waals surface area contributed by atoms with E-state index in [1.54, 1.807) is 13.8 Å². The van der Waals surface area contributed by atoms with Crippen molar-refractivity contribution in [2.75, 3.05) is 0 Å². The molecule has 30 heavy (non-hydrogen) atoms. The summed E-state index contributed by atoms with van der Waals surface area (Å²) in [4.78, 5) is 25.4. The summed E-state index contributed by atoms with van der Waals surface area (Å²) in [6, 6.07) is 10.2. The number of carbonyl (C=O) groups is 2. The maximum Gasteiger partial charge on any atom is 0.340 e. The van der Waals surface area contributed by atoms with Crippen LogP contribution < -0.4 is 5.19 Å². The lowest BCUT2D eigenvalue weighted by Crippen LogP contribution is -2.43. The van der Waals surface area contributed by atoms with Gasteiger partial charge in [-0.3, -0.25) is 0 Å². The molecule has 0 saturated carbocycles. The summed E-state index contributed by atoms with van der Waals surface area (Å²) < 4.78 is 5.27. The zero-order valence-corrected chi connectivity index (χ0v) is 22.5. The van der Waals surface area contributed by atoms with Crippen LogP contribution in [0.1, 0.15) is 55.4 Å². The van der Waals surface area contributed by atoms with Crippen LogP contribution in [0, 0.1) is 0 Å². The highest BCUT2D eigenvalue weighted by atomic mass is 28.3. The molecule has 0 saturated heterocycles. The van der Waals surface area contributed by atoms with E-state index in [4.69, 9.17) is 4.74 Å². The first-order valence-corrected chi connectivity index (χ1v) is 16.3. The van der Waals surface area contributed by atoms with Crippen molar-refractivity contribution < 1.29 is 14.3 Å². The fourth-order valence-electron chi connectivity index (χ4n) is 4.73.